The number of nitrogens with zero attached hydrogens (tertiary/aromatic N) is 2. The lowest BCUT2D eigenvalue weighted by Crippen LogP contribution is -2.14. The first kappa shape index (κ1) is 18.1. The normalized spacial score (nSPS) is 14.2. The van der Waals surface area contributed by atoms with E-state index in [-0.39, 0.29) is 27.9 Å². The number of rotatable bonds is 3. The van der Waals surface area contributed by atoms with Gasteiger partial charge < -0.3 is 15.2 Å². The molecule has 1 aromatic heterocycles. The Balaban J connectivity index is 1.92. The van der Waals surface area contributed by atoms with Gasteiger partial charge in [0.2, 0.25) is 5.88 Å². The number of aliphatic imine (C=N–C) groups is 1. The average molecular weight is 416 g/mol. The van der Waals surface area contributed by atoms with Crippen molar-refractivity contribution in [3.05, 3.63) is 74.3 Å². The lowest BCUT2D eigenvalue weighted by molar-refractivity contribution is -0.129. The second-order valence-corrected chi connectivity index (χ2v) is 6.79. The van der Waals surface area contributed by atoms with E-state index in [4.69, 9.17) is 23.2 Å². The van der Waals surface area contributed by atoms with Gasteiger partial charge in [-0.1, -0.05) is 41.4 Å². The summed E-state index contributed by atoms with van der Waals surface area (Å²) in [6, 6.07) is 11.5. The van der Waals surface area contributed by atoms with Gasteiger partial charge in [0.05, 0.1) is 16.4 Å². The van der Waals surface area contributed by atoms with Crippen LogP contribution in [0.4, 0.5) is 5.69 Å². The van der Waals surface area contributed by atoms with E-state index in [2.05, 4.69) is 9.98 Å². The Morgan fingerprint density at radius 3 is 2.57 bits per heavy atom. The topological polar surface area (TPSA) is 108 Å². The molecule has 0 spiro atoms. The fraction of sp³-hybridized carbons (Fsp3) is 0. The van der Waals surface area contributed by atoms with Crippen LogP contribution < -0.4 is 5.69 Å². The fourth-order valence-electron chi connectivity index (χ4n) is 3.02. The van der Waals surface area contributed by atoms with E-state index in [1.54, 1.807) is 30.3 Å². The number of aromatic hydroxyl groups is 1. The quantitative estimate of drug-likeness (QED) is 0.602. The minimum Gasteiger partial charge on any atom is -0.493 e. The zero-order valence-electron chi connectivity index (χ0n) is 14.0. The number of imidazole rings is 1. The van der Waals surface area contributed by atoms with Gasteiger partial charge in [-0.2, -0.15) is 0 Å². The van der Waals surface area contributed by atoms with Crippen LogP contribution in [0.5, 0.6) is 5.88 Å². The van der Waals surface area contributed by atoms with Crippen molar-refractivity contribution in [2.45, 2.75) is 0 Å². The minimum absolute atomic E-state index is 0.0247. The van der Waals surface area contributed by atoms with Crippen LogP contribution in [0.2, 0.25) is 10.0 Å². The van der Waals surface area contributed by atoms with Crippen LogP contribution in [0.15, 0.2) is 52.3 Å². The van der Waals surface area contributed by atoms with Crippen LogP contribution >= 0.6 is 23.2 Å². The van der Waals surface area contributed by atoms with Crippen molar-refractivity contribution >= 4 is 52.2 Å². The second-order valence-electron chi connectivity index (χ2n) is 5.94. The molecule has 3 aromatic rings. The number of aliphatic carboxylic acids is 1. The Morgan fingerprint density at radius 2 is 1.89 bits per heavy atom. The highest BCUT2D eigenvalue weighted by atomic mass is 35.5. The predicted molar refractivity (Wildman–Crippen MR) is 107 cm³/mol. The number of carboxylic acids is 1. The van der Waals surface area contributed by atoms with Crippen LogP contribution in [-0.2, 0) is 4.79 Å². The van der Waals surface area contributed by atoms with Gasteiger partial charge in [0.1, 0.15) is 5.69 Å². The molecule has 2 heterocycles. The molecule has 0 aliphatic carbocycles. The Kier molecular flexibility index (Phi) is 4.33. The molecule has 2 aromatic carbocycles. The number of nitrogens with one attached hydrogen (secondary N) is 1. The van der Waals surface area contributed by atoms with Crippen molar-refractivity contribution < 1.29 is 15.0 Å². The summed E-state index contributed by atoms with van der Waals surface area (Å²) in [6.07, 6.45) is 1.33. The van der Waals surface area contributed by atoms with Crippen LogP contribution in [-0.4, -0.2) is 31.4 Å². The van der Waals surface area contributed by atoms with E-state index in [0.29, 0.717) is 22.0 Å². The third-order valence-corrected chi connectivity index (χ3v) is 4.71. The summed E-state index contributed by atoms with van der Waals surface area (Å²) < 4.78 is 1.07. The second kappa shape index (κ2) is 6.70. The van der Waals surface area contributed by atoms with Gasteiger partial charge >= 0.3 is 11.7 Å². The molecule has 9 heteroatoms. The number of fused-ring (bicyclic) bond motifs is 1. The van der Waals surface area contributed by atoms with Gasteiger partial charge in [-0.15, -0.1) is 0 Å². The smallest absolute Gasteiger partial charge is 0.355 e. The first-order chi connectivity index (χ1) is 13.4. The monoisotopic (exact) mass is 415 g/mol. The Morgan fingerprint density at radius 1 is 1.18 bits per heavy atom. The number of H-pyrrole nitrogens is 1. The van der Waals surface area contributed by atoms with Gasteiger partial charge in [-0.25, -0.2) is 19.1 Å². The molecule has 1 aliphatic heterocycles. The molecule has 0 saturated carbocycles. The number of aromatic amines is 1. The lowest BCUT2D eigenvalue weighted by atomic mass is 10.0. The number of halogens is 2. The first-order valence-corrected chi connectivity index (χ1v) is 8.75. The van der Waals surface area contributed by atoms with Gasteiger partial charge in [0.25, 0.3) is 0 Å². The van der Waals surface area contributed by atoms with E-state index >= 15 is 0 Å². The zero-order valence-corrected chi connectivity index (χ0v) is 15.5. The van der Waals surface area contributed by atoms with Crippen molar-refractivity contribution in [3.63, 3.8) is 0 Å². The van der Waals surface area contributed by atoms with Crippen molar-refractivity contribution in [1.82, 2.24) is 9.55 Å². The Labute approximate surface area is 167 Å². The van der Waals surface area contributed by atoms with Crippen LogP contribution in [0.25, 0.3) is 17.3 Å². The summed E-state index contributed by atoms with van der Waals surface area (Å²) in [5.74, 6) is -1.65. The van der Waals surface area contributed by atoms with Crippen molar-refractivity contribution in [2.24, 2.45) is 4.99 Å². The molecule has 28 heavy (non-hydrogen) atoms. The maximum absolute atomic E-state index is 12.3. The number of hydrogen-bond acceptors (Lipinski definition) is 4. The van der Waals surface area contributed by atoms with Gasteiger partial charge in [-0.3, -0.25) is 0 Å². The molecule has 0 bridgehead atoms. The van der Waals surface area contributed by atoms with Crippen molar-refractivity contribution in [1.29, 1.82) is 0 Å². The summed E-state index contributed by atoms with van der Waals surface area (Å²) >= 11 is 12.2. The molecular formula is C19H11Cl2N3O4. The molecule has 0 amide bonds. The molecule has 0 unspecified atom stereocenters. The largest absolute Gasteiger partial charge is 0.493 e. The number of carbonyl (C=O) groups is 1. The molecule has 4 rings (SSSR count). The van der Waals surface area contributed by atoms with E-state index in [1.807, 2.05) is 0 Å². The minimum atomic E-state index is -1.28. The zero-order chi connectivity index (χ0) is 20.0. The average Bonchev–Trinajstić information content (AvgIpc) is 3.13. The lowest BCUT2D eigenvalue weighted by Gasteiger charge is -2.06. The van der Waals surface area contributed by atoms with E-state index in [9.17, 15) is 19.8 Å². The van der Waals surface area contributed by atoms with E-state index < -0.39 is 11.7 Å². The highest BCUT2D eigenvalue weighted by Crippen LogP contribution is 2.43. The predicted octanol–water partition coefficient (Wildman–Crippen LogP) is 3.89. The SMILES string of the molecule is O=C(O)C1=Nc2cc(Cl)cc(Cl)c2/C1=C\c1[nH]c(=O)n(-c2ccccc2)c1O. The summed E-state index contributed by atoms with van der Waals surface area (Å²) in [4.78, 5) is 30.6. The van der Waals surface area contributed by atoms with Crippen LogP contribution in [0.3, 0.4) is 0 Å². The molecular weight excluding hydrogens is 405 g/mol. The fourth-order valence-corrected chi connectivity index (χ4v) is 3.61. The number of hydrogen-bond donors (Lipinski definition) is 3. The van der Waals surface area contributed by atoms with Crippen LogP contribution in [0, 0.1) is 0 Å². The highest BCUT2D eigenvalue weighted by Gasteiger charge is 2.29. The maximum Gasteiger partial charge on any atom is 0.355 e. The first-order valence-electron chi connectivity index (χ1n) is 7.99. The van der Waals surface area contributed by atoms with E-state index in [0.717, 1.165) is 4.57 Å². The van der Waals surface area contributed by atoms with Gasteiger partial charge in [-0.05, 0) is 30.3 Å². The number of carboxylic acid groups (broad SMARTS) is 1. The van der Waals surface area contributed by atoms with Gasteiger partial charge in [0, 0.05) is 16.2 Å². The molecule has 7 nitrogen and oxygen atoms in total. The van der Waals surface area contributed by atoms with Crippen molar-refractivity contribution in [3.8, 4) is 11.6 Å². The third kappa shape index (κ3) is 2.90. The Hall–Kier alpha value is -3.29. The number of benzene rings is 2. The third-order valence-electron chi connectivity index (χ3n) is 4.19. The Bertz CT molecular complexity index is 1240. The molecule has 3 N–H and O–H groups in total. The maximum atomic E-state index is 12.3. The number of aromatic nitrogens is 2. The summed E-state index contributed by atoms with van der Waals surface area (Å²) in [6.45, 7) is 0. The molecule has 1 aliphatic rings. The summed E-state index contributed by atoms with van der Waals surface area (Å²) in [5, 5.41) is 20.6. The highest BCUT2D eigenvalue weighted by molar-refractivity contribution is 6.59. The van der Waals surface area contributed by atoms with Crippen LogP contribution in [0.1, 0.15) is 11.3 Å². The molecule has 140 valence electrons. The standard InChI is InChI=1S/C19H11Cl2N3O4/c20-9-6-12(21)15-11(16(18(26)27)22-13(15)7-9)8-14-17(25)24(19(28)23-14)10-4-2-1-3-5-10/h1-8,25H,(H,23,28)(H,26,27)/b11-8+. The molecule has 0 atom stereocenters. The molecule has 0 saturated heterocycles. The summed E-state index contributed by atoms with van der Waals surface area (Å²) in [7, 11) is 0. The summed E-state index contributed by atoms with van der Waals surface area (Å²) in [5.41, 5.74) is 0.436. The van der Waals surface area contributed by atoms with Crippen molar-refractivity contribution in [2.75, 3.05) is 0 Å². The molecule has 0 radical (unpaired) electrons. The van der Waals surface area contributed by atoms with E-state index in [1.165, 1.54) is 18.2 Å². The van der Waals surface area contributed by atoms with Gasteiger partial charge in [0.15, 0.2) is 5.71 Å². The molecule has 0 fully saturated rings. The number of para-hydroxylation sites is 1.